The molecule has 1 aliphatic rings. The molecule has 0 amide bonds. The number of rotatable bonds is 4. The Labute approximate surface area is 122 Å². The van der Waals surface area contributed by atoms with Gasteiger partial charge >= 0.3 is 0 Å². The van der Waals surface area contributed by atoms with Crippen LogP contribution in [0.15, 0.2) is 36.4 Å². The van der Waals surface area contributed by atoms with Crippen LogP contribution in [0.5, 0.6) is 11.5 Å². The van der Waals surface area contributed by atoms with E-state index in [0.717, 1.165) is 17.4 Å². The van der Waals surface area contributed by atoms with Gasteiger partial charge in [-0.25, -0.2) is 4.39 Å². The topological polar surface area (TPSA) is 35.5 Å². The van der Waals surface area contributed by atoms with Crippen LogP contribution in [0.1, 0.15) is 21.5 Å². The van der Waals surface area contributed by atoms with Gasteiger partial charge in [-0.1, -0.05) is 12.1 Å². The first-order valence-electron chi connectivity index (χ1n) is 6.80. The summed E-state index contributed by atoms with van der Waals surface area (Å²) in [5, 5.41) is 0. The number of hydrogen-bond acceptors (Lipinski definition) is 3. The van der Waals surface area contributed by atoms with Crippen LogP contribution >= 0.6 is 0 Å². The summed E-state index contributed by atoms with van der Waals surface area (Å²) in [6, 6.07) is 9.93. The van der Waals surface area contributed by atoms with Gasteiger partial charge in [0.2, 0.25) is 0 Å². The van der Waals surface area contributed by atoms with Crippen molar-refractivity contribution < 1.29 is 18.7 Å². The second-order valence-corrected chi connectivity index (χ2v) is 5.12. The number of aryl methyl sites for hydroxylation is 1. The highest BCUT2D eigenvalue weighted by molar-refractivity contribution is 5.80. The molecule has 1 atom stereocenters. The van der Waals surface area contributed by atoms with Gasteiger partial charge < -0.3 is 9.47 Å². The largest absolute Gasteiger partial charge is 0.489 e. The number of halogens is 1. The Morgan fingerprint density at radius 2 is 2.24 bits per heavy atom. The molecule has 2 aromatic carbocycles. The quantitative estimate of drug-likeness (QED) is 0.809. The van der Waals surface area contributed by atoms with Gasteiger partial charge in [0.15, 0.2) is 6.29 Å². The lowest BCUT2D eigenvalue weighted by Gasteiger charge is -2.15. The summed E-state index contributed by atoms with van der Waals surface area (Å²) in [6.07, 6.45) is 1.22. The molecule has 0 aliphatic carbocycles. The number of carbonyl (C=O) groups is 1. The third kappa shape index (κ3) is 2.75. The van der Waals surface area contributed by atoms with Crippen LogP contribution in [0, 0.1) is 12.7 Å². The van der Waals surface area contributed by atoms with E-state index in [1.807, 2.05) is 19.1 Å². The van der Waals surface area contributed by atoms with Crippen molar-refractivity contribution in [1.29, 1.82) is 0 Å². The second-order valence-electron chi connectivity index (χ2n) is 5.12. The molecule has 21 heavy (non-hydrogen) atoms. The maximum Gasteiger partial charge on any atom is 0.153 e. The molecule has 0 saturated carbocycles. The van der Waals surface area contributed by atoms with Gasteiger partial charge in [-0.3, -0.25) is 4.79 Å². The Bertz CT molecular complexity index is 682. The van der Waals surface area contributed by atoms with Gasteiger partial charge in [0.05, 0.1) is 5.56 Å². The predicted molar refractivity (Wildman–Crippen MR) is 76.6 cm³/mol. The SMILES string of the molecule is Cc1cccc(C=O)c1OCC1Cc2cc(F)ccc2O1. The van der Waals surface area contributed by atoms with Crippen LogP contribution in [0.4, 0.5) is 4.39 Å². The molecule has 0 bridgehead atoms. The highest BCUT2D eigenvalue weighted by Crippen LogP contribution is 2.30. The molecule has 0 aromatic heterocycles. The average molecular weight is 286 g/mol. The molecule has 3 rings (SSSR count). The lowest BCUT2D eigenvalue weighted by atomic mass is 10.1. The van der Waals surface area contributed by atoms with Crippen LogP contribution in [0.2, 0.25) is 0 Å². The fraction of sp³-hybridized carbons (Fsp3) is 0.235. The van der Waals surface area contributed by atoms with E-state index in [-0.39, 0.29) is 11.9 Å². The summed E-state index contributed by atoms with van der Waals surface area (Å²) in [6.45, 7) is 2.21. The van der Waals surface area contributed by atoms with E-state index in [9.17, 15) is 9.18 Å². The highest BCUT2D eigenvalue weighted by Gasteiger charge is 2.24. The molecule has 1 unspecified atom stereocenters. The number of hydrogen-bond donors (Lipinski definition) is 0. The maximum absolute atomic E-state index is 13.2. The zero-order chi connectivity index (χ0) is 14.8. The molecule has 3 nitrogen and oxygen atoms in total. The fourth-order valence-corrected chi connectivity index (χ4v) is 2.52. The lowest BCUT2D eigenvalue weighted by molar-refractivity contribution is 0.111. The van der Waals surface area contributed by atoms with E-state index in [0.29, 0.717) is 30.1 Å². The summed E-state index contributed by atoms with van der Waals surface area (Å²) < 4.78 is 24.6. The van der Waals surface area contributed by atoms with Crippen molar-refractivity contribution in [3.8, 4) is 11.5 Å². The van der Waals surface area contributed by atoms with E-state index in [1.165, 1.54) is 12.1 Å². The van der Waals surface area contributed by atoms with E-state index in [1.54, 1.807) is 12.1 Å². The standard InChI is InChI=1S/C17H15FO3/c1-11-3-2-4-12(9-19)17(11)20-10-15-8-13-7-14(18)5-6-16(13)21-15/h2-7,9,15H,8,10H2,1H3. The number of para-hydroxylation sites is 1. The highest BCUT2D eigenvalue weighted by atomic mass is 19.1. The Balaban J connectivity index is 1.69. The van der Waals surface area contributed by atoms with Gasteiger partial charge in [-0.2, -0.15) is 0 Å². The van der Waals surface area contributed by atoms with Gasteiger partial charge in [-0.05, 0) is 36.8 Å². The molecule has 1 aliphatic heterocycles. The van der Waals surface area contributed by atoms with Crippen LogP contribution in [0.3, 0.4) is 0 Å². The number of benzene rings is 2. The number of aldehydes is 1. The first-order chi connectivity index (χ1) is 10.2. The van der Waals surface area contributed by atoms with Crippen molar-refractivity contribution in [2.24, 2.45) is 0 Å². The molecule has 0 radical (unpaired) electrons. The Morgan fingerprint density at radius 3 is 3.05 bits per heavy atom. The zero-order valence-electron chi connectivity index (χ0n) is 11.6. The molecule has 0 fully saturated rings. The first-order valence-corrected chi connectivity index (χ1v) is 6.80. The Kier molecular flexibility index (Phi) is 3.60. The number of carbonyl (C=O) groups excluding carboxylic acids is 1. The third-order valence-electron chi connectivity index (χ3n) is 3.55. The minimum Gasteiger partial charge on any atom is -0.489 e. The van der Waals surface area contributed by atoms with Gasteiger partial charge in [0, 0.05) is 12.0 Å². The molecule has 2 aromatic rings. The first kappa shape index (κ1) is 13.6. The van der Waals surface area contributed by atoms with Crippen molar-refractivity contribution in [3.63, 3.8) is 0 Å². The van der Waals surface area contributed by atoms with Crippen molar-refractivity contribution in [3.05, 3.63) is 58.9 Å². The predicted octanol–water partition coefficient (Wildman–Crippen LogP) is 3.33. The lowest BCUT2D eigenvalue weighted by Crippen LogP contribution is -2.23. The van der Waals surface area contributed by atoms with Gasteiger partial charge in [0.25, 0.3) is 0 Å². The van der Waals surface area contributed by atoms with Crippen molar-refractivity contribution in [2.45, 2.75) is 19.4 Å². The van der Waals surface area contributed by atoms with Gasteiger partial charge in [-0.15, -0.1) is 0 Å². The van der Waals surface area contributed by atoms with E-state index < -0.39 is 0 Å². The van der Waals surface area contributed by atoms with E-state index in [4.69, 9.17) is 9.47 Å². The number of ether oxygens (including phenoxy) is 2. The summed E-state index contributed by atoms with van der Waals surface area (Å²) in [5.74, 6) is 1.02. The Morgan fingerprint density at radius 1 is 1.38 bits per heavy atom. The van der Waals surface area contributed by atoms with Crippen LogP contribution < -0.4 is 9.47 Å². The zero-order valence-corrected chi connectivity index (χ0v) is 11.6. The molecule has 108 valence electrons. The van der Waals surface area contributed by atoms with Gasteiger partial charge in [0.1, 0.15) is 30.0 Å². The Hall–Kier alpha value is -2.36. The second kappa shape index (κ2) is 5.56. The van der Waals surface area contributed by atoms with Crippen molar-refractivity contribution in [2.75, 3.05) is 6.61 Å². The molecule has 1 heterocycles. The van der Waals surface area contributed by atoms with E-state index in [2.05, 4.69) is 0 Å². The maximum atomic E-state index is 13.2. The molecular weight excluding hydrogens is 271 g/mol. The molecule has 0 saturated heterocycles. The summed E-state index contributed by atoms with van der Waals surface area (Å²) in [4.78, 5) is 11.0. The molecule has 4 heteroatoms. The summed E-state index contributed by atoms with van der Waals surface area (Å²) in [7, 11) is 0. The van der Waals surface area contributed by atoms with Crippen LogP contribution in [0.25, 0.3) is 0 Å². The third-order valence-corrected chi connectivity index (χ3v) is 3.55. The van der Waals surface area contributed by atoms with Crippen LogP contribution in [-0.2, 0) is 6.42 Å². The number of fused-ring (bicyclic) bond motifs is 1. The minimum atomic E-state index is -0.263. The molecule has 0 spiro atoms. The normalized spacial score (nSPS) is 16.2. The minimum absolute atomic E-state index is 0.166. The van der Waals surface area contributed by atoms with Crippen LogP contribution in [-0.4, -0.2) is 19.0 Å². The summed E-state index contributed by atoms with van der Waals surface area (Å²) >= 11 is 0. The van der Waals surface area contributed by atoms with E-state index >= 15 is 0 Å². The molecular formula is C17H15FO3. The van der Waals surface area contributed by atoms with Crippen molar-refractivity contribution >= 4 is 6.29 Å². The monoisotopic (exact) mass is 286 g/mol. The average Bonchev–Trinajstić information content (AvgIpc) is 2.87. The molecule has 0 N–H and O–H groups in total. The smallest absolute Gasteiger partial charge is 0.153 e. The summed E-state index contributed by atoms with van der Waals surface area (Å²) in [5.41, 5.74) is 2.28. The van der Waals surface area contributed by atoms with Crippen molar-refractivity contribution in [1.82, 2.24) is 0 Å². The fourth-order valence-electron chi connectivity index (χ4n) is 2.52.